The molecule has 3 amide bonds. The smallest absolute Gasteiger partial charge is 0.492 e. The molecule has 24 heavy (non-hydrogen) atoms. The van der Waals surface area contributed by atoms with E-state index in [1.807, 2.05) is 0 Å². The summed E-state index contributed by atoms with van der Waals surface area (Å²) in [6.45, 7) is 3.59. The Morgan fingerprint density at radius 2 is 1.92 bits per heavy atom. The quantitative estimate of drug-likeness (QED) is 0.792. The van der Waals surface area contributed by atoms with Crippen molar-refractivity contribution in [3.63, 3.8) is 0 Å². The van der Waals surface area contributed by atoms with E-state index in [2.05, 4.69) is 4.72 Å². The van der Waals surface area contributed by atoms with Gasteiger partial charge in [-0.15, -0.1) is 0 Å². The highest BCUT2D eigenvalue weighted by Gasteiger charge is 2.50. The van der Waals surface area contributed by atoms with Crippen LogP contribution in [0.4, 0.5) is 10.5 Å². The third-order valence-electron chi connectivity index (χ3n) is 3.79. The monoisotopic (exact) mass is 354 g/mol. The van der Waals surface area contributed by atoms with Gasteiger partial charge < -0.3 is 4.74 Å². The molecule has 0 fully saturated rings. The Kier molecular flexibility index (Phi) is 4.93. The van der Waals surface area contributed by atoms with Crippen molar-refractivity contribution in [3.05, 3.63) is 24.3 Å². The molecule has 1 atom stereocenters. The molecule has 0 saturated carbocycles. The first-order chi connectivity index (χ1) is 11.2. The number of carbonyl (C=O) groups is 2. The normalized spacial score (nSPS) is 18.8. The van der Waals surface area contributed by atoms with Gasteiger partial charge in [-0.05, 0) is 26.0 Å². The molecule has 1 aliphatic rings. The SMILES string of the molecule is CCOc1ccccc1NS(=O)(=O)C1C(=O)N(C)C(=O)[N+](C)=C1C. The molecule has 130 valence electrons. The number of rotatable bonds is 5. The predicted molar refractivity (Wildman–Crippen MR) is 89.0 cm³/mol. The van der Waals surface area contributed by atoms with Crippen LogP contribution < -0.4 is 9.46 Å². The van der Waals surface area contributed by atoms with E-state index in [1.165, 1.54) is 21.0 Å². The topological polar surface area (TPSA) is 95.8 Å². The second-order valence-electron chi connectivity index (χ2n) is 5.34. The van der Waals surface area contributed by atoms with Crippen molar-refractivity contribution in [2.45, 2.75) is 19.1 Å². The number of benzene rings is 1. The maximum absolute atomic E-state index is 12.8. The number of imide groups is 1. The number of hydrogen-bond donors (Lipinski definition) is 1. The molecule has 1 unspecified atom stereocenters. The lowest BCUT2D eigenvalue weighted by atomic mass is 10.2. The summed E-state index contributed by atoms with van der Waals surface area (Å²) in [7, 11) is -1.43. The highest BCUT2D eigenvalue weighted by molar-refractivity contribution is 7.94. The van der Waals surface area contributed by atoms with Crippen molar-refractivity contribution in [3.8, 4) is 5.75 Å². The highest BCUT2D eigenvalue weighted by atomic mass is 32.2. The Balaban J connectivity index is 2.44. The lowest BCUT2D eigenvalue weighted by Crippen LogP contribution is -2.57. The van der Waals surface area contributed by atoms with Crippen molar-refractivity contribution in [2.24, 2.45) is 0 Å². The Morgan fingerprint density at radius 1 is 1.29 bits per heavy atom. The van der Waals surface area contributed by atoms with Crippen LogP contribution in [-0.2, 0) is 14.8 Å². The number of sulfonamides is 1. The minimum Gasteiger partial charge on any atom is -0.492 e. The molecule has 1 heterocycles. The van der Waals surface area contributed by atoms with Gasteiger partial charge in [-0.1, -0.05) is 12.1 Å². The number of amides is 3. The number of nitrogens with zero attached hydrogens (tertiary/aromatic N) is 2. The number of para-hydroxylation sites is 2. The number of ether oxygens (including phenoxy) is 1. The summed E-state index contributed by atoms with van der Waals surface area (Å²) in [5.41, 5.74) is 0.381. The van der Waals surface area contributed by atoms with Gasteiger partial charge in [-0.25, -0.2) is 13.2 Å². The van der Waals surface area contributed by atoms with Gasteiger partial charge in [0.05, 0.1) is 26.4 Å². The molecule has 0 spiro atoms. The van der Waals surface area contributed by atoms with Gasteiger partial charge in [0.2, 0.25) is 5.25 Å². The maximum atomic E-state index is 12.8. The second-order valence-corrected chi connectivity index (χ2v) is 7.10. The van der Waals surface area contributed by atoms with Crippen LogP contribution in [0.25, 0.3) is 0 Å². The van der Waals surface area contributed by atoms with Crippen molar-refractivity contribution in [1.29, 1.82) is 0 Å². The lowest BCUT2D eigenvalue weighted by molar-refractivity contribution is -0.405. The number of nitrogens with one attached hydrogen (secondary N) is 1. The summed E-state index contributed by atoms with van der Waals surface area (Å²) in [5, 5.41) is -1.49. The van der Waals surface area contributed by atoms with Crippen LogP contribution in [0.3, 0.4) is 0 Å². The first-order valence-corrected chi connectivity index (χ1v) is 8.87. The fourth-order valence-corrected chi connectivity index (χ4v) is 4.03. The van der Waals surface area contributed by atoms with E-state index >= 15 is 0 Å². The predicted octanol–water partition coefficient (Wildman–Crippen LogP) is 0.891. The zero-order valence-corrected chi connectivity index (χ0v) is 14.8. The average molecular weight is 354 g/mol. The summed E-state index contributed by atoms with van der Waals surface area (Å²) in [5.74, 6) is -0.431. The molecule has 0 saturated heterocycles. The molecule has 1 aromatic carbocycles. The number of anilines is 1. The van der Waals surface area contributed by atoms with E-state index in [0.29, 0.717) is 12.4 Å². The van der Waals surface area contributed by atoms with Crippen molar-refractivity contribution in [1.82, 2.24) is 4.90 Å². The van der Waals surface area contributed by atoms with Gasteiger partial charge in [0.25, 0.3) is 10.0 Å². The molecule has 9 heteroatoms. The lowest BCUT2D eigenvalue weighted by Gasteiger charge is -2.24. The molecular formula is C15H20N3O5S+. The largest absolute Gasteiger partial charge is 0.500 e. The van der Waals surface area contributed by atoms with E-state index in [1.54, 1.807) is 31.2 Å². The molecule has 0 aromatic heterocycles. The van der Waals surface area contributed by atoms with Crippen molar-refractivity contribution < 1.29 is 27.3 Å². The molecule has 0 bridgehead atoms. The fraction of sp³-hybridized carbons (Fsp3) is 0.400. The summed E-state index contributed by atoms with van der Waals surface area (Å²) < 4.78 is 34.5. The summed E-state index contributed by atoms with van der Waals surface area (Å²) in [4.78, 5) is 25.0. The Labute approximate surface area is 140 Å². The van der Waals surface area contributed by atoms with Gasteiger partial charge in [-0.2, -0.15) is 14.3 Å². The van der Waals surface area contributed by atoms with Crippen molar-refractivity contribution in [2.75, 3.05) is 25.4 Å². The third-order valence-corrected chi connectivity index (χ3v) is 5.45. The van der Waals surface area contributed by atoms with Crippen LogP contribution in [-0.4, -0.2) is 61.5 Å². The van der Waals surface area contributed by atoms with Gasteiger partial charge in [0.15, 0.2) is 0 Å². The van der Waals surface area contributed by atoms with Crippen LogP contribution in [0, 0.1) is 0 Å². The van der Waals surface area contributed by atoms with Crippen LogP contribution in [0.1, 0.15) is 13.8 Å². The number of urea groups is 1. The van der Waals surface area contributed by atoms with Crippen LogP contribution in [0.2, 0.25) is 0 Å². The van der Waals surface area contributed by atoms with E-state index in [4.69, 9.17) is 4.74 Å². The zero-order valence-electron chi connectivity index (χ0n) is 13.9. The number of carbonyl (C=O) groups excluding carboxylic acids is 2. The van der Waals surface area contributed by atoms with Gasteiger partial charge >= 0.3 is 11.9 Å². The summed E-state index contributed by atoms with van der Waals surface area (Å²) in [6, 6.07) is 5.97. The Bertz CT molecular complexity index is 816. The van der Waals surface area contributed by atoms with E-state index in [0.717, 1.165) is 9.48 Å². The Morgan fingerprint density at radius 3 is 2.54 bits per heavy atom. The van der Waals surface area contributed by atoms with Gasteiger partial charge in [-0.3, -0.25) is 4.72 Å². The minimum atomic E-state index is -4.12. The molecule has 0 aliphatic carbocycles. The van der Waals surface area contributed by atoms with Crippen LogP contribution in [0.5, 0.6) is 5.75 Å². The van der Waals surface area contributed by atoms with Crippen molar-refractivity contribution >= 4 is 33.4 Å². The first-order valence-electron chi connectivity index (χ1n) is 7.32. The van der Waals surface area contributed by atoms with E-state index in [-0.39, 0.29) is 11.4 Å². The number of hydrogen-bond acceptors (Lipinski definition) is 5. The zero-order chi connectivity index (χ0) is 18.1. The van der Waals surface area contributed by atoms with Crippen LogP contribution >= 0.6 is 0 Å². The standard InChI is InChI=1S/C15H20N3O5S/c1-5-23-12-9-7-6-8-11(12)16-24(21,22)13-10(2)17(3)15(20)18(4)14(13)19/h6-9,13,16H,5H2,1-4H3/q+1. The first kappa shape index (κ1) is 17.9. The summed E-state index contributed by atoms with van der Waals surface area (Å²) >= 11 is 0. The highest BCUT2D eigenvalue weighted by Crippen LogP contribution is 2.26. The fourth-order valence-electron chi connectivity index (χ4n) is 2.40. The van der Waals surface area contributed by atoms with E-state index < -0.39 is 27.2 Å². The molecule has 1 N–H and O–H groups in total. The summed E-state index contributed by atoms with van der Waals surface area (Å²) in [6.07, 6.45) is 0. The molecule has 1 aliphatic heterocycles. The molecular weight excluding hydrogens is 334 g/mol. The van der Waals surface area contributed by atoms with E-state index in [9.17, 15) is 18.0 Å². The molecule has 0 radical (unpaired) electrons. The average Bonchev–Trinajstić information content (AvgIpc) is 2.53. The van der Waals surface area contributed by atoms with Crippen LogP contribution in [0.15, 0.2) is 24.3 Å². The minimum absolute atomic E-state index is 0.143. The van der Waals surface area contributed by atoms with Gasteiger partial charge in [0.1, 0.15) is 11.5 Å². The molecule has 2 rings (SSSR count). The molecule has 8 nitrogen and oxygen atoms in total. The molecule has 1 aromatic rings. The maximum Gasteiger partial charge on any atom is 0.500 e. The third kappa shape index (κ3) is 3.12. The Hall–Kier alpha value is -2.42. The second kappa shape index (κ2) is 6.60. The van der Waals surface area contributed by atoms with Gasteiger partial charge in [0, 0.05) is 0 Å².